The average molecular weight is 390 g/mol. The Morgan fingerprint density at radius 2 is 1.85 bits per heavy atom. The Morgan fingerprint density at radius 1 is 1.19 bits per heavy atom. The van der Waals surface area contributed by atoms with Crippen molar-refractivity contribution in [2.24, 2.45) is 0 Å². The van der Waals surface area contributed by atoms with E-state index in [0.29, 0.717) is 16.3 Å². The molecule has 0 saturated carbocycles. The first-order chi connectivity index (χ1) is 12.9. The van der Waals surface area contributed by atoms with E-state index < -0.39 is 22.9 Å². The quantitative estimate of drug-likeness (QED) is 0.319. The van der Waals surface area contributed by atoms with Gasteiger partial charge in [-0.2, -0.15) is 0 Å². The van der Waals surface area contributed by atoms with E-state index in [1.165, 1.54) is 20.1 Å². The van der Waals surface area contributed by atoms with Crippen molar-refractivity contribution in [2.45, 2.75) is 17.9 Å². The molecule has 1 N–H and O–H groups in total. The minimum Gasteiger partial charge on any atom is -0.497 e. The lowest BCUT2D eigenvalue weighted by molar-refractivity contribution is -0.387. The number of nitro benzene ring substituents is 1. The van der Waals surface area contributed by atoms with Gasteiger partial charge in [-0.05, 0) is 37.3 Å². The van der Waals surface area contributed by atoms with E-state index in [9.17, 15) is 19.7 Å². The number of nitrogens with one attached hydrogen (secondary N) is 1. The molecule has 0 aliphatic carbocycles. The average Bonchev–Trinajstić information content (AvgIpc) is 2.67. The van der Waals surface area contributed by atoms with Crippen LogP contribution in [-0.2, 0) is 14.3 Å². The van der Waals surface area contributed by atoms with Crippen LogP contribution >= 0.6 is 11.8 Å². The van der Waals surface area contributed by atoms with Gasteiger partial charge in [0.05, 0.1) is 22.7 Å². The molecule has 0 aliphatic heterocycles. The Hall–Kier alpha value is -3.07. The fourth-order valence-corrected chi connectivity index (χ4v) is 2.88. The number of esters is 1. The largest absolute Gasteiger partial charge is 0.497 e. The van der Waals surface area contributed by atoms with Crippen LogP contribution in [0.1, 0.15) is 6.92 Å². The first-order valence-corrected chi connectivity index (χ1v) is 8.90. The third-order valence-corrected chi connectivity index (χ3v) is 4.48. The molecular formula is C18H18N2O6S. The molecular weight excluding hydrogens is 372 g/mol. The number of carbonyl (C=O) groups excluding carboxylic acids is 2. The second kappa shape index (κ2) is 9.58. The van der Waals surface area contributed by atoms with Gasteiger partial charge in [0.15, 0.2) is 6.10 Å². The number of ether oxygens (including phenoxy) is 2. The Morgan fingerprint density at radius 3 is 2.48 bits per heavy atom. The highest BCUT2D eigenvalue weighted by Crippen LogP contribution is 2.28. The van der Waals surface area contributed by atoms with Crippen molar-refractivity contribution in [1.82, 2.24) is 0 Å². The van der Waals surface area contributed by atoms with Crippen LogP contribution in [0.3, 0.4) is 0 Å². The van der Waals surface area contributed by atoms with Crippen molar-refractivity contribution in [1.29, 1.82) is 0 Å². The summed E-state index contributed by atoms with van der Waals surface area (Å²) in [7, 11) is 1.54. The van der Waals surface area contributed by atoms with Gasteiger partial charge in [0.25, 0.3) is 11.6 Å². The minimum atomic E-state index is -1.01. The van der Waals surface area contributed by atoms with Crippen LogP contribution in [0.4, 0.5) is 11.4 Å². The first-order valence-electron chi connectivity index (χ1n) is 7.91. The van der Waals surface area contributed by atoms with Crippen molar-refractivity contribution >= 4 is 35.0 Å². The molecule has 0 radical (unpaired) electrons. The monoisotopic (exact) mass is 390 g/mol. The zero-order valence-electron chi connectivity index (χ0n) is 14.7. The molecule has 1 amide bonds. The van der Waals surface area contributed by atoms with Crippen LogP contribution in [-0.4, -0.2) is 35.8 Å². The lowest BCUT2D eigenvalue weighted by atomic mass is 10.3. The molecule has 142 valence electrons. The van der Waals surface area contributed by atoms with E-state index in [1.807, 2.05) is 0 Å². The Bertz CT molecular complexity index is 825. The minimum absolute atomic E-state index is 0.0828. The number of methoxy groups -OCH3 is 1. The summed E-state index contributed by atoms with van der Waals surface area (Å²) in [5.41, 5.74) is 0.457. The first kappa shape index (κ1) is 20.2. The van der Waals surface area contributed by atoms with Gasteiger partial charge in [-0.15, -0.1) is 11.8 Å². The van der Waals surface area contributed by atoms with Crippen molar-refractivity contribution < 1.29 is 24.0 Å². The summed E-state index contributed by atoms with van der Waals surface area (Å²) in [5.74, 6) is -0.621. The van der Waals surface area contributed by atoms with Crippen LogP contribution in [0.5, 0.6) is 5.75 Å². The standard InChI is InChI=1S/C18H18N2O6S/c1-12(18(22)19-13-7-9-14(25-2)10-8-13)26-17(21)11-27-16-6-4-3-5-15(16)20(23)24/h3-10,12H,11H2,1-2H3,(H,19,22)/t12-/m1/s1. The number of nitro groups is 1. The molecule has 8 nitrogen and oxygen atoms in total. The number of nitrogens with zero attached hydrogens (tertiary/aromatic N) is 1. The molecule has 2 aromatic carbocycles. The predicted molar refractivity (Wildman–Crippen MR) is 101 cm³/mol. The Balaban J connectivity index is 1.85. The molecule has 27 heavy (non-hydrogen) atoms. The van der Waals surface area contributed by atoms with Gasteiger partial charge in [-0.25, -0.2) is 0 Å². The van der Waals surface area contributed by atoms with Crippen molar-refractivity contribution in [3.63, 3.8) is 0 Å². The van der Waals surface area contributed by atoms with Crippen LogP contribution in [0.15, 0.2) is 53.4 Å². The number of amides is 1. The predicted octanol–water partition coefficient (Wildman–Crippen LogP) is 3.27. The smallest absolute Gasteiger partial charge is 0.317 e. The fourth-order valence-electron chi connectivity index (χ4n) is 2.07. The second-order valence-corrected chi connectivity index (χ2v) is 6.38. The van der Waals surface area contributed by atoms with Gasteiger partial charge in [0, 0.05) is 11.8 Å². The molecule has 0 unspecified atom stereocenters. The number of hydrogen-bond acceptors (Lipinski definition) is 7. The molecule has 0 aromatic heterocycles. The lowest BCUT2D eigenvalue weighted by Crippen LogP contribution is -2.30. The van der Waals surface area contributed by atoms with Crippen LogP contribution < -0.4 is 10.1 Å². The summed E-state index contributed by atoms with van der Waals surface area (Å²) >= 11 is 0.983. The number of para-hydroxylation sites is 1. The normalized spacial score (nSPS) is 11.3. The molecule has 0 spiro atoms. The Kier molecular flexibility index (Phi) is 7.18. The van der Waals surface area contributed by atoms with Gasteiger partial charge in [-0.1, -0.05) is 12.1 Å². The molecule has 0 heterocycles. The van der Waals surface area contributed by atoms with E-state index in [0.717, 1.165) is 11.8 Å². The molecule has 1 atom stereocenters. The third kappa shape index (κ3) is 6.00. The maximum absolute atomic E-state index is 12.1. The van der Waals surface area contributed by atoms with E-state index in [1.54, 1.807) is 42.5 Å². The Labute approximate surface area is 160 Å². The van der Waals surface area contributed by atoms with Gasteiger partial charge in [0.1, 0.15) is 5.75 Å². The number of carbonyl (C=O) groups is 2. The highest BCUT2D eigenvalue weighted by molar-refractivity contribution is 8.00. The maximum atomic E-state index is 12.1. The highest BCUT2D eigenvalue weighted by atomic mass is 32.2. The summed E-state index contributed by atoms with van der Waals surface area (Å²) in [6, 6.07) is 12.8. The molecule has 0 fully saturated rings. The van der Waals surface area contributed by atoms with Gasteiger partial charge < -0.3 is 14.8 Å². The van der Waals surface area contributed by atoms with Crippen molar-refractivity contribution in [3.8, 4) is 5.75 Å². The number of benzene rings is 2. The molecule has 2 aromatic rings. The van der Waals surface area contributed by atoms with Gasteiger partial charge in [-0.3, -0.25) is 19.7 Å². The van der Waals surface area contributed by atoms with Gasteiger partial charge in [0.2, 0.25) is 0 Å². The lowest BCUT2D eigenvalue weighted by Gasteiger charge is -2.13. The summed E-state index contributed by atoms with van der Waals surface area (Å²) in [6.45, 7) is 1.45. The third-order valence-electron chi connectivity index (χ3n) is 3.44. The van der Waals surface area contributed by atoms with Crippen LogP contribution in [0.25, 0.3) is 0 Å². The number of thioether (sulfide) groups is 1. The number of anilines is 1. The zero-order valence-corrected chi connectivity index (χ0v) is 15.5. The SMILES string of the molecule is COc1ccc(NC(=O)[C@@H](C)OC(=O)CSc2ccccc2[N+](=O)[O-])cc1. The zero-order chi connectivity index (χ0) is 19.8. The van der Waals surface area contributed by atoms with E-state index in [4.69, 9.17) is 9.47 Å². The maximum Gasteiger partial charge on any atom is 0.317 e. The van der Waals surface area contributed by atoms with Crippen molar-refractivity contribution in [2.75, 3.05) is 18.2 Å². The molecule has 0 aliphatic rings. The summed E-state index contributed by atoms with van der Waals surface area (Å²) in [4.78, 5) is 34.8. The van der Waals surface area contributed by atoms with Crippen LogP contribution in [0.2, 0.25) is 0 Å². The van der Waals surface area contributed by atoms with E-state index >= 15 is 0 Å². The topological polar surface area (TPSA) is 108 Å². The fraction of sp³-hybridized carbons (Fsp3) is 0.222. The summed E-state index contributed by atoms with van der Waals surface area (Å²) in [6.07, 6.45) is -1.01. The molecule has 9 heteroatoms. The highest BCUT2D eigenvalue weighted by Gasteiger charge is 2.20. The number of rotatable bonds is 8. The number of hydrogen-bond donors (Lipinski definition) is 1. The van der Waals surface area contributed by atoms with E-state index in [-0.39, 0.29) is 11.4 Å². The van der Waals surface area contributed by atoms with Crippen LogP contribution in [0, 0.1) is 10.1 Å². The molecule has 0 saturated heterocycles. The second-order valence-electron chi connectivity index (χ2n) is 5.36. The summed E-state index contributed by atoms with van der Waals surface area (Å²) in [5, 5.41) is 13.6. The van der Waals surface area contributed by atoms with E-state index in [2.05, 4.69) is 5.32 Å². The van der Waals surface area contributed by atoms with Gasteiger partial charge >= 0.3 is 5.97 Å². The molecule has 2 rings (SSSR count). The van der Waals surface area contributed by atoms with Crippen molar-refractivity contribution in [3.05, 3.63) is 58.6 Å². The summed E-state index contributed by atoms with van der Waals surface area (Å²) < 4.78 is 10.1. The molecule has 0 bridgehead atoms.